The molecule has 104 valence electrons. The van der Waals surface area contributed by atoms with Crippen LogP contribution in [0.4, 0.5) is 0 Å². The van der Waals surface area contributed by atoms with E-state index in [0.717, 1.165) is 6.54 Å². The molecular formula is C15H26BrNS. The van der Waals surface area contributed by atoms with Gasteiger partial charge in [-0.15, -0.1) is 11.3 Å². The first-order chi connectivity index (χ1) is 8.77. The van der Waals surface area contributed by atoms with Crippen molar-refractivity contribution in [2.45, 2.75) is 64.8 Å². The van der Waals surface area contributed by atoms with Gasteiger partial charge in [0.1, 0.15) is 0 Å². The van der Waals surface area contributed by atoms with Crippen molar-refractivity contribution in [3.05, 3.63) is 20.8 Å². The highest BCUT2D eigenvalue weighted by atomic mass is 79.9. The second kappa shape index (κ2) is 9.99. The van der Waals surface area contributed by atoms with Crippen LogP contribution in [0.3, 0.4) is 0 Å². The van der Waals surface area contributed by atoms with Gasteiger partial charge in [0.25, 0.3) is 0 Å². The Balaban J connectivity index is 2.29. The Morgan fingerprint density at radius 3 is 2.61 bits per heavy atom. The van der Waals surface area contributed by atoms with Crippen LogP contribution in [0.1, 0.15) is 57.2 Å². The zero-order valence-corrected chi connectivity index (χ0v) is 14.1. The van der Waals surface area contributed by atoms with Crippen molar-refractivity contribution in [2.24, 2.45) is 0 Å². The fourth-order valence-corrected chi connectivity index (χ4v) is 3.85. The first kappa shape index (κ1) is 16.2. The number of hydrogen-bond acceptors (Lipinski definition) is 2. The van der Waals surface area contributed by atoms with Crippen molar-refractivity contribution in [3.8, 4) is 0 Å². The Morgan fingerprint density at radius 2 is 2.00 bits per heavy atom. The molecule has 0 aliphatic heterocycles. The third-order valence-corrected chi connectivity index (χ3v) is 5.22. The van der Waals surface area contributed by atoms with Crippen molar-refractivity contribution in [1.29, 1.82) is 0 Å². The van der Waals surface area contributed by atoms with E-state index in [9.17, 15) is 0 Å². The van der Waals surface area contributed by atoms with E-state index in [1.165, 1.54) is 54.3 Å². The number of hydrogen-bond donors (Lipinski definition) is 1. The van der Waals surface area contributed by atoms with E-state index in [1.54, 1.807) is 0 Å². The lowest BCUT2D eigenvalue weighted by Crippen LogP contribution is -2.30. The SMILES string of the molecule is CCCCCCCC(Cc1sccc1Br)NCC. The van der Waals surface area contributed by atoms with E-state index in [2.05, 4.69) is 46.5 Å². The Labute approximate surface area is 125 Å². The standard InChI is InChI=1S/C15H26BrNS/c1-3-5-6-7-8-9-13(17-4-2)12-15-14(16)10-11-18-15/h10-11,13,17H,3-9,12H2,1-2H3. The van der Waals surface area contributed by atoms with Gasteiger partial charge in [-0.25, -0.2) is 0 Å². The van der Waals surface area contributed by atoms with Gasteiger partial charge in [0.15, 0.2) is 0 Å². The van der Waals surface area contributed by atoms with Gasteiger partial charge in [0, 0.05) is 15.4 Å². The molecule has 0 fully saturated rings. The Bertz CT molecular complexity index is 311. The van der Waals surface area contributed by atoms with Crippen molar-refractivity contribution >= 4 is 27.3 Å². The topological polar surface area (TPSA) is 12.0 Å². The van der Waals surface area contributed by atoms with Crippen LogP contribution < -0.4 is 5.32 Å². The third-order valence-electron chi connectivity index (χ3n) is 3.27. The first-order valence-electron chi connectivity index (χ1n) is 7.23. The average molecular weight is 332 g/mol. The maximum atomic E-state index is 3.63. The highest BCUT2D eigenvalue weighted by molar-refractivity contribution is 9.10. The summed E-state index contributed by atoms with van der Waals surface area (Å²) in [6, 6.07) is 2.80. The molecule has 0 aliphatic carbocycles. The lowest BCUT2D eigenvalue weighted by atomic mass is 10.0. The average Bonchev–Trinajstić information content (AvgIpc) is 2.75. The van der Waals surface area contributed by atoms with Crippen LogP contribution in [0.5, 0.6) is 0 Å². The van der Waals surface area contributed by atoms with E-state index >= 15 is 0 Å². The van der Waals surface area contributed by atoms with Gasteiger partial charge >= 0.3 is 0 Å². The maximum Gasteiger partial charge on any atom is 0.0314 e. The summed E-state index contributed by atoms with van der Waals surface area (Å²) in [5.41, 5.74) is 0. The summed E-state index contributed by atoms with van der Waals surface area (Å²) in [4.78, 5) is 1.48. The van der Waals surface area contributed by atoms with Gasteiger partial charge in [0.2, 0.25) is 0 Å². The van der Waals surface area contributed by atoms with E-state index in [4.69, 9.17) is 0 Å². The molecule has 0 aromatic carbocycles. The normalized spacial score (nSPS) is 12.8. The molecule has 0 saturated carbocycles. The number of halogens is 1. The first-order valence-corrected chi connectivity index (χ1v) is 8.90. The highest BCUT2D eigenvalue weighted by Gasteiger charge is 2.11. The highest BCUT2D eigenvalue weighted by Crippen LogP contribution is 2.25. The molecule has 1 atom stereocenters. The summed E-state index contributed by atoms with van der Waals surface area (Å²) in [6.45, 7) is 5.55. The maximum absolute atomic E-state index is 3.63. The molecule has 0 radical (unpaired) electrons. The van der Waals surface area contributed by atoms with Gasteiger partial charge in [-0.1, -0.05) is 46.0 Å². The summed E-state index contributed by atoms with van der Waals surface area (Å²) in [6.07, 6.45) is 9.35. The van der Waals surface area contributed by atoms with Crippen molar-refractivity contribution < 1.29 is 0 Å². The van der Waals surface area contributed by atoms with Gasteiger partial charge in [-0.2, -0.15) is 0 Å². The summed E-state index contributed by atoms with van der Waals surface area (Å²) < 4.78 is 1.28. The molecule has 3 heteroatoms. The summed E-state index contributed by atoms with van der Waals surface area (Å²) in [7, 11) is 0. The Morgan fingerprint density at radius 1 is 1.22 bits per heavy atom. The number of likely N-dealkylation sites (N-methyl/N-ethyl adjacent to an activating group) is 1. The summed E-state index contributed by atoms with van der Waals surface area (Å²) in [5.74, 6) is 0. The molecule has 0 amide bonds. The van der Waals surface area contributed by atoms with Gasteiger partial charge in [0.05, 0.1) is 0 Å². The number of nitrogens with one attached hydrogen (secondary N) is 1. The van der Waals surface area contributed by atoms with E-state index in [0.29, 0.717) is 6.04 Å². The zero-order chi connectivity index (χ0) is 13.2. The number of thiophene rings is 1. The monoisotopic (exact) mass is 331 g/mol. The number of unbranched alkanes of at least 4 members (excludes halogenated alkanes) is 4. The van der Waals surface area contributed by atoms with Crippen molar-refractivity contribution in [3.63, 3.8) is 0 Å². The molecule has 0 bridgehead atoms. The van der Waals surface area contributed by atoms with Crippen LogP contribution in [0.2, 0.25) is 0 Å². The predicted molar refractivity (Wildman–Crippen MR) is 86.6 cm³/mol. The van der Waals surface area contributed by atoms with Crippen LogP contribution in [-0.4, -0.2) is 12.6 Å². The molecule has 1 aromatic heterocycles. The fraction of sp³-hybridized carbons (Fsp3) is 0.733. The molecule has 1 rings (SSSR count). The fourth-order valence-electron chi connectivity index (χ4n) is 2.25. The van der Waals surface area contributed by atoms with E-state index < -0.39 is 0 Å². The smallest absolute Gasteiger partial charge is 0.0314 e. The molecule has 0 saturated heterocycles. The van der Waals surface area contributed by atoms with Crippen LogP contribution in [-0.2, 0) is 6.42 Å². The Hall–Kier alpha value is 0.140. The quantitative estimate of drug-likeness (QED) is 0.566. The third kappa shape index (κ3) is 6.35. The lowest BCUT2D eigenvalue weighted by molar-refractivity contribution is 0.462. The second-order valence-corrected chi connectivity index (χ2v) is 6.71. The molecule has 1 nitrogen and oxygen atoms in total. The lowest BCUT2D eigenvalue weighted by Gasteiger charge is -2.17. The van der Waals surface area contributed by atoms with Gasteiger partial charge < -0.3 is 5.32 Å². The predicted octanol–water partition coefficient (Wildman–Crippen LogP) is 5.39. The van der Waals surface area contributed by atoms with Gasteiger partial charge in [-0.05, 0) is 46.8 Å². The molecule has 18 heavy (non-hydrogen) atoms. The molecule has 1 N–H and O–H groups in total. The van der Waals surface area contributed by atoms with Crippen LogP contribution in [0.15, 0.2) is 15.9 Å². The molecule has 1 heterocycles. The van der Waals surface area contributed by atoms with E-state index in [1.807, 2.05) is 11.3 Å². The van der Waals surface area contributed by atoms with Crippen LogP contribution in [0.25, 0.3) is 0 Å². The molecule has 0 aliphatic rings. The molecule has 1 unspecified atom stereocenters. The second-order valence-electron chi connectivity index (χ2n) is 4.85. The molecule has 1 aromatic rings. The van der Waals surface area contributed by atoms with Crippen LogP contribution >= 0.6 is 27.3 Å². The van der Waals surface area contributed by atoms with Crippen LogP contribution in [0, 0.1) is 0 Å². The van der Waals surface area contributed by atoms with Gasteiger partial charge in [-0.3, -0.25) is 0 Å². The molecule has 0 spiro atoms. The minimum atomic E-state index is 0.645. The summed E-state index contributed by atoms with van der Waals surface area (Å²) in [5, 5.41) is 5.80. The minimum Gasteiger partial charge on any atom is -0.314 e. The number of rotatable bonds is 10. The Kier molecular flexibility index (Phi) is 8.99. The largest absolute Gasteiger partial charge is 0.314 e. The zero-order valence-electron chi connectivity index (χ0n) is 11.7. The van der Waals surface area contributed by atoms with E-state index in [-0.39, 0.29) is 0 Å². The minimum absolute atomic E-state index is 0.645. The summed E-state index contributed by atoms with van der Waals surface area (Å²) >= 11 is 5.50. The molecular weight excluding hydrogens is 306 g/mol. The van der Waals surface area contributed by atoms with Crippen molar-refractivity contribution in [1.82, 2.24) is 5.32 Å². The van der Waals surface area contributed by atoms with Crippen molar-refractivity contribution in [2.75, 3.05) is 6.54 Å².